The molecule has 3 unspecified atom stereocenters. The molecule has 11 aliphatic rings. The number of ketones is 1. The molecule has 32 heteroatoms. The highest BCUT2D eigenvalue weighted by Crippen LogP contribution is 2.75. The predicted octanol–water partition coefficient (Wildman–Crippen LogP) is -4.56. The van der Waals surface area contributed by atoms with Gasteiger partial charge in [-0.3, -0.25) is 9.59 Å². The molecule has 7 heterocycles. The van der Waals surface area contributed by atoms with E-state index >= 15 is 0 Å². The van der Waals surface area contributed by atoms with Crippen molar-refractivity contribution in [3.63, 3.8) is 0 Å². The summed E-state index contributed by atoms with van der Waals surface area (Å²) in [6.45, 7) is 13.8. The minimum atomic E-state index is -2.09. The maximum absolute atomic E-state index is 14.6. The molecule has 98 heavy (non-hydrogen) atoms. The third-order valence-corrected chi connectivity index (χ3v) is 24.1. The number of methoxy groups -OCH3 is 1. The van der Waals surface area contributed by atoms with Gasteiger partial charge in [-0.05, 0) is 100 Å². The molecule has 11 rings (SSSR count). The number of rotatable bonds is 21. The van der Waals surface area contributed by atoms with Gasteiger partial charge in [-0.2, -0.15) is 0 Å². The van der Waals surface area contributed by atoms with Crippen molar-refractivity contribution in [1.82, 2.24) is 0 Å². The van der Waals surface area contributed by atoms with Crippen molar-refractivity contribution >= 4 is 11.8 Å². The number of cyclic esters (lactones) is 1. The number of carbonyl (C=O) groups excluding carboxylic acids is 2. The van der Waals surface area contributed by atoms with Crippen LogP contribution in [0, 0.1) is 39.4 Å². The quantitative estimate of drug-likeness (QED) is 0.0292. The van der Waals surface area contributed by atoms with Gasteiger partial charge >= 0.3 is 5.97 Å². The van der Waals surface area contributed by atoms with E-state index in [1.807, 2.05) is 13.8 Å². The lowest BCUT2D eigenvalue weighted by Crippen LogP contribution is -2.67. The second-order valence-electron chi connectivity index (χ2n) is 30.4. The van der Waals surface area contributed by atoms with Crippen molar-refractivity contribution in [2.24, 2.45) is 39.4 Å². The lowest BCUT2D eigenvalue weighted by Gasteiger charge is -2.63. The molecule has 0 radical (unpaired) electrons. The van der Waals surface area contributed by atoms with E-state index in [-0.39, 0.29) is 30.0 Å². The number of fused-ring (bicyclic) bond motifs is 4. The van der Waals surface area contributed by atoms with Gasteiger partial charge in [-0.1, -0.05) is 44.9 Å². The van der Waals surface area contributed by atoms with Gasteiger partial charge in [0.05, 0.1) is 56.6 Å². The van der Waals surface area contributed by atoms with Crippen LogP contribution in [0.25, 0.3) is 0 Å². The van der Waals surface area contributed by atoms with Gasteiger partial charge in [-0.25, -0.2) is 0 Å². The molecule has 0 aromatic carbocycles. The number of ether oxygens (including phenoxy) is 14. The van der Waals surface area contributed by atoms with Gasteiger partial charge in [0.25, 0.3) is 0 Å². The van der Waals surface area contributed by atoms with Crippen LogP contribution < -0.4 is 0 Å². The summed E-state index contributed by atoms with van der Waals surface area (Å²) in [6.07, 6.45) is -44.4. The van der Waals surface area contributed by atoms with E-state index in [1.54, 1.807) is 0 Å². The van der Waals surface area contributed by atoms with Crippen LogP contribution in [0.5, 0.6) is 0 Å². The number of esters is 1. The molecule has 3 saturated carbocycles. The number of Topliss-reactive ketones (excluding diaryl/α,β-unsaturated/α-hetero) is 1. The van der Waals surface area contributed by atoms with E-state index in [1.165, 1.54) is 19.6 Å². The van der Waals surface area contributed by atoms with Crippen molar-refractivity contribution in [3.8, 4) is 0 Å². The first-order valence-corrected chi connectivity index (χ1v) is 34.3. The highest BCUT2D eigenvalue weighted by atomic mass is 16.8. The Morgan fingerprint density at radius 3 is 1.62 bits per heavy atom. The van der Waals surface area contributed by atoms with E-state index < -0.39 is 250 Å². The molecule has 7 saturated heterocycles. The van der Waals surface area contributed by atoms with Crippen LogP contribution >= 0.6 is 0 Å². The first-order valence-electron chi connectivity index (χ1n) is 34.3. The van der Waals surface area contributed by atoms with Crippen LogP contribution in [0.3, 0.4) is 0 Å². The summed E-state index contributed by atoms with van der Waals surface area (Å²) >= 11 is 0. The van der Waals surface area contributed by atoms with Gasteiger partial charge in [0.2, 0.25) is 0 Å². The zero-order valence-electron chi connectivity index (χ0n) is 56.4. The lowest BCUT2D eigenvalue weighted by atomic mass is 9.41. The molecule has 7 aliphatic heterocycles. The molecule has 0 aromatic rings. The van der Waals surface area contributed by atoms with E-state index in [4.69, 9.17) is 66.3 Å². The average molecular weight is 1410 g/mol. The second kappa shape index (κ2) is 29.4. The molecule has 10 fully saturated rings. The van der Waals surface area contributed by atoms with E-state index in [0.29, 0.717) is 38.5 Å². The van der Waals surface area contributed by atoms with Gasteiger partial charge < -0.3 is 148 Å². The molecule has 32 nitrogen and oxygen atoms in total. The molecule has 4 aliphatic carbocycles. The van der Waals surface area contributed by atoms with Gasteiger partial charge in [-0.15, -0.1) is 6.58 Å². The Morgan fingerprint density at radius 2 is 1.06 bits per heavy atom. The number of aliphatic hydroxyl groups excluding tert-OH is 16. The van der Waals surface area contributed by atoms with Crippen LogP contribution in [-0.2, 0) is 75.9 Å². The molecule has 560 valence electrons. The lowest BCUT2D eigenvalue weighted by molar-refractivity contribution is -0.397. The zero-order valence-corrected chi connectivity index (χ0v) is 56.4. The van der Waals surface area contributed by atoms with Gasteiger partial charge in [0, 0.05) is 13.5 Å². The first-order chi connectivity index (χ1) is 46.2. The molecular weight excluding hydrogens is 1300 g/mol. The van der Waals surface area contributed by atoms with Crippen molar-refractivity contribution in [2.75, 3.05) is 40.1 Å². The van der Waals surface area contributed by atoms with E-state index in [9.17, 15) is 91.3 Å². The summed E-state index contributed by atoms with van der Waals surface area (Å²) in [6, 6.07) is 0. The first kappa shape index (κ1) is 76.6. The van der Waals surface area contributed by atoms with Crippen molar-refractivity contribution in [1.29, 1.82) is 0 Å². The standard InChI is InChI=1S/C66H104O32/c1-25(2)11-10-16-65(8)54-29(71)19-64(7)28-12-13-35-62(4,5)36(15-17-63(35,6)27(28)14-18-66(54,64)61(84)98-65)93-60-53(41(76)34(24-86-60)92-57-47(82)51(39(74)32(22-69)89-57)95-56-44(79)42(77)37(72)30(20-67)88-56)97-55-45(80)43(78)49(26(3)87-55)94-59-48(83)52(40(75)33(23-70)91-59)96-58-46(81)50(85-9)38(73)31(21-68)90-58/h14,26,28,30-60,67-70,72-83H,1,10-13,15-24H2,2-9H3/t26-,28?,30-,31-,32-,33-,34-,35?,36+,37-,38-,39-,40-,41+,42+,43-,44-,45-,46-,47-,48-,49-,50+,51+,52+,53-,54-,55+,56+,57+,58+,59+,60+,63-,64+,65+,66?/m1/s1. The summed E-state index contributed by atoms with van der Waals surface area (Å²) in [7, 11) is 1.17. The van der Waals surface area contributed by atoms with Crippen LogP contribution in [0.1, 0.15) is 106 Å². The van der Waals surface area contributed by atoms with Crippen LogP contribution in [0.2, 0.25) is 0 Å². The Bertz CT molecular complexity index is 2820. The van der Waals surface area contributed by atoms with Crippen molar-refractivity contribution in [2.45, 2.75) is 296 Å². The molecule has 0 bridgehead atoms. The highest BCUT2D eigenvalue weighted by Gasteiger charge is 2.79. The number of hydrogen-bond donors (Lipinski definition) is 16. The largest absolute Gasteiger partial charge is 0.458 e. The molecule has 37 atom stereocenters. The number of hydrogen-bond acceptors (Lipinski definition) is 32. The SMILES string of the molecule is C=C(C)CCC[C@]1(C)OC(=O)C23CC=C4C(CCC5C(C)(C)[C@@H](O[C@@H]6OC[C@@H](O[C@@H]7O[C@H](CO)[C@@H](O)[C@H](O[C@@H]8O[C@H](CO)[C@@H](O)[C@H](O)[C@H]8O)[C@H]7O)[C@H](O)[C@H]6O[C@@H]6O[C@H](C)[C@@H](O[C@@H]7O[C@H](CO)[C@@H](O)[C@H](O[C@@H]8O[C@H](CO)[C@@H](O)[C@H](OC)[C@H]8O)[C@H]7O)[C@H](O)[C@H]6O)CC[C@]45C)[C@]2(C)CC(=O)[C@@H]31. The van der Waals surface area contributed by atoms with Crippen LogP contribution in [0.4, 0.5) is 0 Å². The Kier molecular flexibility index (Phi) is 23.0. The van der Waals surface area contributed by atoms with Crippen LogP contribution in [0.15, 0.2) is 23.8 Å². The maximum atomic E-state index is 14.6. The molecule has 16 N–H and O–H groups in total. The monoisotopic (exact) mass is 1410 g/mol. The molecule has 0 aromatic heterocycles. The second-order valence-corrected chi connectivity index (χ2v) is 30.4. The molecule has 0 amide bonds. The number of allylic oxidation sites excluding steroid dienone is 3. The normalized spacial score (nSPS) is 52.5. The maximum Gasteiger partial charge on any atom is 0.314 e. The van der Waals surface area contributed by atoms with Crippen molar-refractivity contribution in [3.05, 3.63) is 23.8 Å². The fourth-order valence-electron chi connectivity index (χ4n) is 18.8. The Balaban J connectivity index is 0.835. The van der Waals surface area contributed by atoms with Gasteiger partial charge in [0.1, 0.15) is 146 Å². The topological polar surface area (TPSA) is 487 Å². The minimum Gasteiger partial charge on any atom is -0.458 e. The third-order valence-electron chi connectivity index (χ3n) is 24.1. The summed E-state index contributed by atoms with van der Waals surface area (Å²) in [4.78, 5) is 29.1. The Hall–Kier alpha value is -2.54. The van der Waals surface area contributed by atoms with Crippen LogP contribution in [-0.4, -0.2) is 323 Å². The van der Waals surface area contributed by atoms with Crippen molar-refractivity contribution < 1.29 is 158 Å². The average Bonchev–Trinajstić information content (AvgIpc) is 1.47. The van der Waals surface area contributed by atoms with E-state index in [2.05, 4.69) is 40.3 Å². The fourth-order valence-corrected chi connectivity index (χ4v) is 18.8. The summed E-state index contributed by atoms with van der Waals surface area (Å²) in [5.41, 5.74) is -1.66. The minimum absolute atomic E-state index is 0.0447. The zero-order chi connectivity index (χ0) is 71.4. The summed E-state index contributed by atoms with van der Waals surface area (Å²) in [5.74, 6) is -1.06. The summed E-state index contributed by atoms with van der Waals surface area (Å²) in [5, 5.41) is 177. The number of aliphatic hydroxyl groups is 16. The van der Waals surface area contributed by atoms with E-state index in [0.717, 1.165) is 18.4 Å². The third kappa shape index (κ3) is 13.0. The summed E-state index contributed by atoms with van der Waals surface area (Å²) < 4.78 is 84.3. The number of carbonyl (C=O) groups is 2. The predicted molar refractivity (Wildman–Crippen MR) is 326 cm³/mol. The molecular formula is C66H104O32. The Morgan fingerprint density at radius 1 is 0.561 bits per heavy atom. The van der Waals surface area contributed by atoms with Gasteiger partial charge in [0.15, 0.2) is 37.7 Å². The Labute approximate surface area is 567 Å². The fraction of sp³-hybridized carbons (Fsp3) is 0.909. The highest BCUT2D eigenvalue weighted by molar-refractivity contribution is 5.99. The molecule has 1 spiro atoms. The smallest absolute Gasteiger partial charge is 0.314 e.